The lowest BCUT2D eigenvalue weighted by molar-refractivity contribution is -0.181. The molecule has 2 rings (SSSR count). The highest BCUT2D eigenvalue weighted by atomic mass is 19.4. The van der Waals surface area contributed by atoms with Gasteiger partial charge in [0, 0.05) is 17.8 Å². The van der Waals surface area contributed by atoms with E-state index < -0.39 is 12.8 Å². The molecule has 0 saturated heterocycles. The Kier molecular flexibility index (Phi) is 4.35. The molecule has 110 valence electrons. The minimum atomic E-state index is -4.30. The van der Waals surface area contributed by atoms with E-state index in [1.807, 2.05) is 31.2 Å². The van der Waals surface area contributed by atoms with Gasteiger partial charge in [0.2, 0.25) is 0 Å². The highest BCUT2D eigenvalue weighted by Gasteiger charge is 2.27. The summed E-state index contributed by atoms with van der Waals surface area (Å²) in [5, 5.41) is 0.971. The molecule has 0 saturated carbocycles. The Morgan fingerprint density at radius 1 is 1.30 bits per heavy atom. The van der Waals surface area contributed by atoms with Crippen molar-refractivity contribution in [1.29, 1.82) is 0 Å². The van der Waals surface area contributed by atoms with E-state index in [4.69, 9.17) is 5.73 Å². The summed E-state index contributed by atoms with van der Waals surface area (Å²) in [5.41, 5.74) is 7.71. The van der Waals surface area contributed by atoms with Crippen LogP contribution in [0.3, 0.4) is 0 Å². The number of nitrogens with zero attached hydrogens (tertiary/aromatic N) is 1. The lowest BCUT2D eigenvalue weighted by Crippen LogP contribution is -2.18. The number of halogens is 3. The van der Waals surface area contributed by atoms with Crippen molar-refractivity contribution in [2.45, 2.75) is 32.3 Å². The Morgan fingerprint density at radius 2 is 2.05 bits per heavy atom. The van der Waals surface area contributed by atoms with Gasteiger partial charge >= 0.3 is 6.18 Å². The van der Waals surface area contributed by atoms with Gasteiger partial charge in [-0.05, 0) is 42.5 Å². The second kappa shape index (κ2) is 5.85. The average molecular weight is 286 g/mol. The van der Waals surface area contributed by atoms with Crippen LogP contribution in [0.15, 0.2) is 30.5 Å². The molecule has 0 fully saturated rings. The molecule has 0 amide bonds. The van der Waals surface area contributed by atoms with E-state index in [9.17, 15) is 13.2 Å². The largest absolute Gasteiger partial charge is 0.411 e. The highest BCUT2D eigenvalue weighted by Crippen LogP contribution is 2.20. The average Bonchev–Trinajstić information content (AvgIpc) is 2.69. The molecule has 0 aliphatic heterocycles. The molecule has 1 aromatic heterocycles. The number of alkyl halides is 3. The molecule has 0 aliphatic rings. The maximum atomic E-state index is 12.0. The molecule has 1 atom stereocenters. The predicted octanol–water partition coefficient (Wildman–Crippen LogP) is 3.07. The normalized spacial score (nSPS) is 13.8. The first-order chi connectivity index (χ1) is 9.35. The van der Waals surface area contributed by atoms with Gasteiger partial charge in [0.25, 0.3) is 0 Å². The van der Waals surface area contributed by atoms with Gasteiger partial charge in [0.05, 0.1) is 0 Å². The van der Waals surface area contributed by atoms with Crippen LogP contribution < -0.4 is 5.73 Å². The van der Waals surface area contributed by atoms with Crippen molar-refractivity contribution in [3.8, 4) is 0 Å². The Labute approximate surface area is 115 Å². The topological polar surface area (TPSA) is 40.2 Å². The Bertz CT molecular complexity index is 575. The molecule has 0 spiro atoms. The first-order valence-corrected chi connectivity index (χ1v) is 6.33. The van der Waals surface area contributed by atoms with E-state index in [0.717, 1.165) is 22.9 Å². The van der Waals surface area contributed by atoms with Crippen molar-refractivity contribution < 1.29 is 17.9 Å². The number of rotatable bonds is 5. The van der Waals surface area contributed by atoms with Crippen LogP contribution in [0, 0.1) is 0 Å². The van der Waals surface area contributed by atoms with Gasteiger partial charge in [-0.1, -0.05) is 6.07 Å². The minimum Gasteiger partial charge on any atom is -0.351 e. The standard InChI is InChI=1S/C14H17F3N2O/c1-10(18)6-11-2-3-13-12(7-11)4-5-19(13)9-20-8-14(15,16)17/h2-5,7,10H,6,8-9,18H2,1H3. The summed E-state index contributed by atoms with van der Waals surface area (Å²) in [4.78, 5) is 0. The number of hydrogen-bond acceptors (Lipinski definition) is 2. The number of hydrogen-bond donors (Lipinski definition) is 1. The summed E-state index contributed by atoms with van der Waals surface area (Å²) >= 11 is 0. The number of ether oxygens (including phenoxy) is 1. The molecule has 6 heteroatoms. The molecule has 0 radical (unpaired) electrons. The van der Waals surface area contributed by atoms with Crippen LogP contribution in [0.4, 0.5) is 13.2 Å². The molecule has 1 unspecified atom stereocenters. The van der Waals surface area contributed by atoms with Crippen molar-refractivity contribution in [3.63, 3.8) is 0 Å². The van der Waals surface area contributed by atoms with Crippen LogP contribution in [0.25, 0.3) is 10.9 Å². The van der Waals surface area contributed by atoms with Crippen LogP contribution in [-0.4, -0.2) is 23.4 Å². The van der Waals surface area contributed by atoms with Gasteiger partial charge in [-0.25, -0.2) is 0 Å². The first kappa shape index (κ1) is 14.9. The van der Waals surface area contributed by atoms with Crippen LogP contribution in [0.1, 0.15) is 12.5 Å². The fourth-order valence-corrected chi connectivity index (χ4v) is 2.12. The smallest absolute Gasteiger partial charge is 0.351 e. The van der Waals surface area contributed by atoms with Gasteiger partial charge in [-0.3, -0.25) is 0 Å². The fourth-order valence-electron chi connectivity index (χ4n) is 2.12. The number of nitrogens with two attached hydrogens (primary N) is 1. The van der Waals surface area contributed by atoms with Crippen molar-refractivity contribution in [1.82, 2.24) is 4.57 Å². The Morgan fingerprint density at radius 3 is 2.70 bits per heavy atom. The maximum absolute atomic E-state index is 12.0. The molecule has 0 aliphatic carbocycles. The van der Waals surface area contributed by atoms with E-state index in [1.54, 1.807) is 10.8 Å². The zero-order valence-corrected chi connectivity index (χ0v) is 11.2. The summed E-state index contributed by atoms with van der Waals surface area (Å²) in [7, 11) is 0. The lowest BCUT2D eigenvalue weighted by Gasteiger charge is -2.10. The molecule has 3 nitrogen and oxygen atoms in total. The molecule has 20 heavy (non-hydrogen) atoms. The molecule has 1 heterocycles. The summed E-state index contributed by atoms with van der Waals surface area (Å²) in [5.74, 6) is 0. The van der Waals surface area contributed by atoms with Crippen LogP contribution in [0.2, 0.25) is 0 Å². The van der Waals surface area contributed by atoms with Crippen LogP contribution in [-0.2, 0) is 17.9 Å². The highest BCUT2D eigenvalue weighted by molar-refractivity contribution is 5.80. The second-order valence-corrected chi connectivity index (χ2v) is 4.95. The van der Waals surface area contributed by atoms with E-state index in [1.165, 1.54) is 0 Å². The van der Waals surface area contributed by atoms with Gasteiger partial charge in [0.1, 0.15) is 13.3 Å². The molecular weight excluding hydrogens is 269 g/mol. The molecule has 0 bridgehead atoms. The summed E-state index contributed by atoms with van der Waals surface area (Å²) in [6, 6.07) is 7.75. The van der Waals surface area contributed by atoms with Gasteiger partial charge < -0.3 is 15.0 Å². The maximum Gasteiger partial charge on any atom is 0.411 e. The predicted molar refractivity (Wildman–Crippen MR) is 71.3 cm³/mol. The van der Waals surface area contributed by atoms with E-state index in [-0.39, 0.29) is 12.8 Å². The Balaban J connectivity index is 2.08. The second-order valence-electron chi connectivity index (χ2n) is 4.95. The van der Waals surface area contributed by atoms with Crippen molar-refractivity contribution in [2.24, 2.45) is 5.73 Å². The van der Waals surface area contributed by atoms with Gasteiger partial charge in [-0.2, -0.15) is 13.2 Å². The van der Waals surface area contributed by atoms with E-state index >= 15 is 0 Å². The third-order valence-electron chi connectivity index (χ3n) is 2.89. The SMILES string of the molecule is CC(N)Cc1ccc2c(ccn2COCC(F)(F)F)c1. The quantitative estimate of drug-likeness (QED) is 0.917. The first-order valence-electron chi connectivity index (χ1n) is 6.33. The summed E-state index contributed by atoms with van der Waals surface area (Å²) < 4.78 is 42.4. The van der Waals surface area contributed by atoms with Gasteiger partial charge in [-0.15, -0.1) is 0 Å². The molecule has 2 N–H and O–H groups in total. The third-order valence-corrected chi connectivity index (χ3v) is 2.89. The number of benzene rings is 1. The molecule has 1 aromatic carbocycles. The van der Waals surface area contributed by atoms with Crippen LogP contribution >= 0.6 is 0 Å². The van der Waals surface area contributed by atoms with Crippen molar-refractivity contribution >= 4 is 10.9 Å². The molecular formula is C14H17F3N2O. The fraction of sp³-hybridized carbons (Fsp3) is 0.429. The number of fused-ring (bicyclic) bond motifs is 1. The van der Waals surface area contributed by atoms with Crippen molar-refractivity contribution in [2.75, 3.05) is 6.61 Å². The summed E-state index contributed by atoms with van der Waals surface area (Å²) in [6.07, 6.45) is -1.81. The Hall–Kier alpha value is -1.53. The third kappa shape index (κ3) is 3.98. The zero-order valence-electron chi connectivity index (χ0n) is 11.2. The molecule has 2 aromatic rings. The minimum absolute atomic E-state index is 0.0738. The van der Waals surface area contributed by atoms with E-state index in [0.29, 0.717) is 0 Å². The lowest BCUT2D eigenvalue weighted by atomic mass is 10.1. The number of aromatic nitrogens is 1. The summed E-state index contributed by atoms with van der Waals surface area (Å²) in [6.45, 7) is 0.575. The van der Waals surface area contributed by atoms with Gasteiger partial charge in [0.15, 0.2) is 0 Å². The van der Waals surface area contributed by atoms with E-state index in [2.05, 4.69) is 4.74 Å². The van der Waals surface area contributed by atoms with Crippen molar-refractivity contribution in [3.05, 3.63) is 36.0 Å². The zero-order chi connectivity index (χ0) is 14.8. The monoisotopic (exact) mass is 286 g/mol. The van der Waals surface area contributed by atoms with Crippen LogP contribution in [0.5, 0.6) is 0 Å².